The van der Waals surface area contributed by atoms with Gasteiger partial charge in [0.2, 0.25) is 0 Å². The SMILES string of the molecule is CCCCCCCCCCCCCCCCCCN(C)C(=O)OCCCOC(CCCCC1NC(C(=O)O)CS1)C(C)(C)OC. The highest BCUT2D eigenvalue weighted by Gasteiger charge is 2.31. The van der Waals surface area contributed by atoms with Crippen LogP contribution in [0, 0.1) is 0 Å². The predicted octanol–water partition coefficient (Wildman–Crippen LogP) is 9.19. The Balaban J connectivity index is 2.02. The summed E-state index contributed by atoms with van der Waals surface area (Å²) in [4.78, 5) is 25.2. The minimum absolute atomic E-state index is 0.0632. The lowest BCUT2D eigenvalue weighted by Gasteiger charge is -2.33. The lowest BCUT2D eigenvalue weighted by atomic mass is 9.95. The molecule has 2 N–H and O–H groups in total. The molecule has 1 fully saturated rings. The molecule has 0 bridgehead atoms. The number of ether oxygens (including phenoxy) is 3. The first-order valence-corrected chi connectivity index (χ1v) is 19.4. The van der Waals surface area contributed by atoms with Crippen LogP contribution >= 0.6 is 11.8 Å². The number of hydrogen-bond donors (Lipinski definition) is 2. The zero-order valence-electron chi connectivity index (χ0n) is 29.8. The average Bonchev–Trinajstić information content (AvgIpc) is 3.50. The van der Waals surface area contributed by atoms with Crippen LogP contribution in [0.25, 0.3) is 0 Å². The fourth-order valence-corrected chi connectivity index (χ4v) is 7.06. The molecule has 1 saturated heterocycles. The van der Waals surface area contributed by atoms with Crippen molar-refractivity contribution in [2.75, 3.05) is 39.7 Å². The molecule has 0 aromatic heterocycles. The molecule has 0 saturated carbocycles. The summed E-state index contributed by atoms with van der Waals surface area (Å²) in [5, 5.41) is 12.5. The summed E-state index contributed by atoms with van der Waals surface area (Å²) in [7, 11) is 3.53. The molecule has 1 aliphatic heterocycles. The molecule has 0 aromatic carbocycles. The van der Waals surface area contributed by atoms with Crippen LogP contribution in [0.15, 0.2) is 0 Å². The number of methoxy groups -OCH3 is 1. The Hall–Kier alpha value is -1.03. The van der Waals surface area contributed by atoms with Crippen LogP contribution in [-0.2, 0) is 19.0 Å². The molecule has 3 unspecified atom stereocenters. The minimum atomic E-state index is -0.770. The highest BCUT2D eigenvalue weighted by molar-refractivity contribution is 8.00. The van der Waals surface area contributed by atoms with E-state index in [-0.39, 0.29) is 17.6 Å². The quantitative estimate of drug-likeness (QED) is 0.0738. The summed E-state index contributed by atoms with van der Waals surface area (Å²) in [6, 6.07) is -0.434. The highest BCUT2D eigenvalue weighted by atomic mass is 32.2. The largest absolute Gasteiger partial charge is 0.480 e. The van der Waals surface area contributed by atoms with Gasteiger partial charge in [0.25, 0.3) is 0 Å². The molecule has 1 heterocycles. The standard InChI is InChI=1S/C36H70N2O6S/c1-6-7-8-9-10-11-12-13-14-15-16-17-18-19-20-23-27-38(4)35(41)44-29-24-28-43-32(36(2,3)42-5)25-21-22-26-33-37-31(30-45-33)34(39)40/h31-33,37H,6-30H2,1-5H3,(H,39,40). The first-order valence-electron chi connectivity index (χ1n) is 18.4. The van der Waals surface area contributed by atoms with E-state index in [1.165, 1.54) is 96.3 Å². The van der Waals surface area contributed by atoms with E-state index < -0.39 is 17.6 Å². The number of carboxylic acids is 1. The molecule has 1 rings (SSSR count). The van der Waals surface area contributed by atoms with E-state index in [1.54, 1.807) is 23.8 Å². The Labute approximate surface area is 280 Å². The molecule has 8 nitrogen and oxygen atoms in total. The third-order valence-electron chi connectivity index (χ3n) is 9.13. The van der Waals surface area contributed by atoms with Crippen molar-refractivity contribution < 1.29 is 28.9 Å². The number of amides is 1. The third kappa shape index (κ3) is 21.5. The molecule has 1 amide bonds. The van der Waals surface area contributed by atoms with Gasteiger partial charge >= 0.3 is 12.1 Å². The van der Waals surface area contributed by atoms with Gasteiger partial charge in [-0.25, -0.2) is 4.79 Å². The molecule has 9 heteroatoms. The van der Waals surface area contributed by atoms with E-state index in [9.17, 15) is 9.59 Å². The first kappa shape index (κ1) is 42.0. The van der Waals surface area contributed by atoms with Gasteiger partial charge in [0.15, 0.2) is 0 Å². The molecule has 266 valence electrons. The number of carboxylic acid groups (broad SMARTS) is 1. The summed E-state index contributed by atoms with van der Waals surface area (Å²) in [6.07, 6.45) is 25.6. The van der Waals surface area contributed by atoms with Crippen LogP contribution in [0.3, 0.4) is 0 Å². The van der Waals surface area contributed by atoms with Gasteiger partial charge in [-0.15, -0.1) is 11.8 Å². The number of unbranched alkanes of at least 4 members (excludes halogenated alkanes) is 16. The number of aliphatic carboxylic acids is 1. The summed E-state index contributed by atoms with van der Waals surface area (Å²) < 4.78 is 17.4. The molecule has 0 spiro atoms. The zero-order chi connectivity index (χ0) is 33.2. The Morgan fingerprint density at radius 2 is 1.40 bits per heavy atom. The average molecular weight is 659 g/mol. The Bertz CT molecular complexity index is 740. The fraction of sp³-hybridized carbons (Fsp3) is 0.944. The van der Waals surface area contributed by atoms with Gasteiger partial charge in [-0.2, -0.15) is 0 Å². The van der Waals surface area contributed by atoms with Crippen LogP contribution in [0.5, 0.6) is 0 Å². The van der Waals surface area contributed by atoms with Crippen LogP contribution in [-0.4, -0.2) is 84.9 Å². The Morgan fingerprint density at radius 1 is 0.844 bits per heavy atom. The van der Waals surface area contributed by atoms with Crippen molar-refractivity contribution in [1.82, 2.24) is 10.2 Å². The Morgan fingerprint density at radius 3 is 1.91 bits per heavy atom. The van der Waals surface area contributed by atoms with E-state index in [0.29, 0.717) is 25.4 Å². The van der Waals surface area contributed by atoms with Crippen molar-refractivity contribution in [2.45, 2.75) is 179 Å². The fourth-order valence-electron chi connectivity index (χ4n) is 5.81. The monoisotopic (exact) mass is 658 g/mol. The Kier molecular flexibility index (Phi) is 25.2. The van der Waals surface area contributed by atoms with Crippen molar-refractivity contribution in [1.29, 1.82) is 0 Å². The lowest BCUT2D eigenvalue weighted by Crippen LogP contribution is -2.40. The maximum absolute atomic E-state index is 12.4. The van der Waals surface area contributed by atoms with Crippen molar-refractivity contribution in [3.63, 3.8) is 0 Å². The molecule has 45 heavy (non-hydrogen) atoms. The van der Waals surface area contributed by atoms with Gasteiger partial charge in [-0.1, -0.05) is 116 Å². The number of carbonyl (C=O) groups is 2. The number of thioether (sulfide) groups is 1. The van der Waals surface area contributed by atoms with Crippen molar-refractivity contribution in [2.24, 2.45) is 0 Å². The minimum Gasteiger partial charge on any atom is -0.480 e. The van der Waals surface area contributed by atoms with E-state index in [2.05, 4.69) is 12.2 Å². The second kappa shape index (κ2) is 27.0. The van der Waals surface area contributed by atoms with Crippen molar-refractivity contribution in [3.05, 3.63) is 0 Å². The first-order chi connectivity index (χ1) is 21.7. The van der Waals surface area contributed by atoms with Gasteiger partial charge in [0.1, 0.15) is 6.04 Å². The number of nitrogens with zero attached hydrogens (tertiary/aromatic N) is 1. The van der Waals surface area contributed by atoms with E-state index in [0.717, 1.165) is 38.6 Å². The summed E-state index contributed by atoms with van der Waals surface area (Å²) in [6.45, 7) is 7.95. The van der Waals surface area contributed by atoms with E-state index in [1.807, 2.05) is 20.9 Å². The van der Waals surface area contributed by atoms with Crippen molar-refractivity contribution in [3.8, 4) is 0 Å². The van der Waals surface area contributed by atoms with Gasteiger partial charge in [0.05, 0.1) is 30.3 Å². The van der Waals surface area contributed by atoms with E-state index >= 15 is 0 Å². The zero-order valence-corrected chi connectivity index (χ0v) is 30.6. The van der Waals surface area contributed by atoms with Gasteiger partial charge < -0.3 is 24.2 Å². The van der Waals surface area contributed by atoms with Crippen LogP contribution in [0.1, 0.15) is 156 Å². The number of nitrogens with one attached hydrogen (secondary N) is 1. The van der Waals surface area contributed by atoms with E-state index in [4.69, 9.17) is 19.3 Å². The third-order valence-corrected chi connectivity index (χ3v) is 10.4. The summed E-state index contributed by atoms with van der Waals surface area (Å²) in [5.74, 6) is -0.143. The summed E-state index contributed by atoms with van der Waals surface area (Å²) >= 11 is 1.69. The van der Waals surface area contributed by atoms with Gasteiger partial charge in [-0.05, 0) is 33.1 Å². The van der Waals surface area contributed by atoms with Crippen LogP contribution in [0.4, 0.5) is 4.79 Å². The topological polar surface area (TPSA) is 97.3 Å². The van der Waals surface area contributed by atoms with Gasteiger partial charge in [0, 0.05) is 32.9 Å². The predicted molar refractivity (Wildman–Crippen MR) is 188 cm³/mol. The molecule has 0 radical (unpaired) electrons. The second-order valence-corrected chi connectivity index (χ2v) is 14.8. The van der Waals surface area contributed by atoms with Crippen LogP contribution in [0.2, 0.25) is 0 Å². The molecule has 1 aliphatic rings. The number of carbonyl (C=O) groups excluding carboxylic acids is 1. The smallest absolute Gasteiger partial charge is 0.409 e. The molecule has 0 aromatic rings. The number of hydrogen-bond acceptors (Lipinski definition) is 7. The maximum atomic E-state index is 12.4. The maximum Gasteiger partial charge on any atom is 0.409 e. The van der Waals surface area contributed by atoms with Gasteiger partial charge in [-0.3, -0.25) is 10.1 Å². The normalized spacial score (nSPS) is 17.4. The molecule has 0 aliphatic carbocycles. The molecular weight excluding hydrogens is 588 g/mol. The highest BCUT2D eigenvalue weighted by Crippen LogP contribution is 2.26. The lowest BCUT2D eigenvalue weighted by molar-refractivity contribution is -0.138. The van der Waals surface area contributed by atoms with Crippen LogP contribution < -0.4 is 5.32 Å². The molecular formula is C36H70N2O6S. The molecule has 3 atom stereocenters. The summed E-state index contributed by atoms with van der Waals surface area (Å²) in [5.41, 5.74) is -0.418. The second-order valence-electron chi connectivity index (χ2n) is 13.5. The number of rotatable bonds is 30. The van der Waals surface area contributed by atoms with Crippen molar-refractivity contribution >= 4 is 23.8 Å².